The van der Waals surface area contributed by atoms with E-state index in [0.29, 0.717) is 11.2 Å². The first-order chi connectivity index (χ1) is 12.3. The first kappa shape index (κ1) is 15.2. The predicted molar refractivity (Wildman–Crippen MR) is 98.9 cm³/mol. The lowest BCUT2D eigenvalue weighted by Gasteiger charge is -2.13. The van der Waals surface area contributed by atoms with Crippen LogP contribution in [0.1, 0.15) is 24.5 Å². The summed E-state index contributed by atoms with van der Waals surface area (Å²) >= 11 is 0. The molecule has 0 saturated heterocycles. The Hall–Kier alpha value is -3.39. The molecule has 0 aliphatic heterocycles. The van der Waals surface area contributed by atoms with E-state index in [4.69, 9.17) is 4.98 Å². The molecule has 25 heavy (non-hydrogen) atoms. The van der Waals surface area contributed by atoms with E-state index in [9.17, 15) is 5.26 Å². The fourth-order valence-corrected chi connectivity index (χ4v) is 3.15. The minimum absolute atomic E-state index is 0.651. The molecule has 0 amide bonds. The van der Waals surface area contributed by atoms with Gasteiger partial charge < -0.3 is 5.32 Å². The number of nitrogens with zero attached hydrogens (tertiary/aromatic N) is 4. The van der Waals surface area contributed by atoms with Crippen molar-refractivity contribution in [2.24, 2.45) is 0 Å². The fourth-order valence-electron chi connectivity index (χ4n) is 3.15. The molecular weight excluding hydrogens is 310 g/mol. The van der Waals surface area contributed by atoms with Crippen LogP contribution in [0.5, 0.6) is 0 Å². The maximum absolute atomic E-state index is 9.72. The van der Waals surface area contributed by atoms with E-state index >= 15 is 0 Å². The van der Waals surface area contributed by atoms with Gasteiger partial charge in [0.05, 0.1) is 16.6 Å². The van der Waals surface area contributed by atoms with Crippen molar-refractivity contribution < 1.29 is 0 Å². The van der Waals surface area contributed by atoms with Crippen molar-refractivity contribution in [1.29, 1.82) is 5.26 Å². The van der Waals surface area contributed by atoms with Crippen LogP contribution < -0.4 is 5.32 Å². The number of rotatable bonds is 4. The zero-order chi connectivity index (χ0) is 17.2. The summed E-state index contributed by atoms with van der Waals surface area (Å²) in [4.78, 5) is 8.78. The van der Waals surface area contributed by atoms with Crippen LogP contribution >= 0.6 is 0 Å². The predicted octanol–water partition coefficient (Wildman–Crippen LogP) is 4.45. The van der Waals surface area contributed by atoms with Crippen molar-refractivity contribution in [3.05, 3.63) is 66.0 Å². The number of fused-ring (bicyclic) bond motifs is 3. The van der Waals surface area contributed by atoms with E-state index in [1.165, 1.54) is 0 Å². The van der Waals surface area contributed by atoms with E-state index in [1.54, 1.807) is 12.4 Å². The van der Waals surface area contributed by atoms with Crippen LogP contribution in [0.25, 0.3) is 16.7 Å². The Morgan fingerprint density at radius 3 is 2.72 bits per heavy atom. The maximum Gasteiger partial charge on any atom is 0.157 e. The Kier molecular flexibility index (Phi) is 3.79. The summed E-state index contributed by atoms with van der Waals surface area (Å²) < 4.78 is 2.02. The van der Waals surface area contributed by atoms with Gasteiger partial charge in [-0.25, -0.2) is 4.98 Å². The van der Waals surface area contributed by atoms with Gasteiger partial charge in [0, 0.05) is 18.1 Å². The molecule has 4 aromatic rings. The molecule has 1 N–H and O–H groups in total. The van der Waals surface area contributed by atoms with Crippen LogP contribution in [0.4, 0.5) is 11.5 Å². The van der Waals surface area contributed by atoms with Crippen molar-refractivity contribution in [2.45, 2.75) is 19.8 Å². The van der Waals surface area contributed by atoms with Gasteiger partial charge >= 0.3 is 0 Å². The highest BCUT2D eigenvalue weighted by Crippen LogP contribution is 2.29. The number of nitrogens with one attached hydrogen (secondary N) is 1. The molecule has 0 aliphatic rings. The number of benzene rings is 1. The van der Waals surface area contributed by atoms with Gasteiger partial charge in [0.15, 0.2) is 5.65 Å². The van der Waals surface area contributed by atoms with Crippen molar-refractivity contribution in [2.75, 3.05) is 5.32 Å². The van der Waals surface area contributed by atoms with Crippen molar-refractivity contribution in [3.8, 4) is 6.07 Å². The highest BCUT2D eigenvalue weighted by atomic mass is 15.1. The molecule has 5 heteroatoms. The third-order valence-electron chi connectivity index (χ3n) is 4.24. The molecule has 3 heterocycles. The third kappa shape index (κ3) is 2.58. The van der Waals surface area contributed by atoms with Crippen LogP contribution in [-0.4, -0.2) is 14.4 Å². The molecule has 0 fully saturated rings. The molecule has 0 saturated carbocycles. The number of imidazole rings is 1. The smallest absolute Gasteiger partial charge is 0.157 e. The minimum atomic E-state index is 0.651. The van der Waals surface area contributed by atoms with Gasteiger partial charge in [-0.1, -0.05) is 25.5 Å². The van der Waals surface area contributed by atoms with Crippen LogP contribution in [0.2, 0.25) is 0 Å². The fraction of sp³-hybridized carbons (Fsp3) is 0.150. The summed E-state index contributed by atoms with van der Waals surface area (Å²) in [6, 6.07) is 16.2. The van der Waals surface area contributed by atoms with Gasteiger partial charge in [0.2, 0.25) is 0 Å². The zero-order valence-electron chi connectivity index (χ0n) is 13.9. The molecule has 0 atom stereocenters. The lowest BCUT2D eigenvalue weighted by Crippen LogP contribution is -2.03. The van der Waals surface area contributed by atoms with E-state index in [-0.39, 0.29) is 0 Å². The number of para-hydroxylation sites is 2. The topological polar surface area (TPSA) is 66.0 Å². The molecule has 3 aromatic heterocycles. The van der Waals surface area contributed by atoms with E-state index in [2.05, 4.69) is 29.4 Å². The lowest BCUT2D eigenvalue weighted by molar-refractivity contribution is 0.915. The van der Waals surface area contributed by atoms with Crippen LogP contribution in [0.3, 0.4) is 0 Å². The molecule has 4 rings (SSSR count). The Morgan fingerprint density at radius 1 is 1.16 bits per heavy atom. The first-order valence-corrected chi connectivity index (χ1v) is 8.32. The SMILES string of the molecule is CCCc1cc(Nc2ccncc2)n2c(nc3ccccc32)c1C#N. The Morgan fingerprint density at radius 2 is 1.96 bits per heavy atom. The average molecular weight is 327 g/mol. The third-order valence-corrected chi connectivity index (χ3v) is 4.24. The van der Waals surface area contributed by atoms with Gasteiger partial charge in [0.25, 0.3) is 0 Å². The highest BCUT2D eigenvalue weighted by molar-refractivity contribution is 5.85. The summed E-state index contributed by atoms with van der Waals surface area (Å²) in [5, 5.41) is 13.2. The Labute approximate surface area is 145 Å². The van der Waals surface area contributed by atoms with Crippen molar-refractivity contribution in [1.82, 2.24) is 14.4 Å². The summed E-state index contributed by atoms with van der Waals surface area (Å²) in [6.45, 7) is 2.11. The van der Waals surface area contributed by atoms with Gasteiger partial charge in [-0.15, -0.1) is 0 Å². The van der Waals surface area contributed by atoms with Crippen LogP contribution in [-0.2, 0) is 6.42 Å². The minimum Gasteiger partial charge on any atom is -0.341 e. The van der Waals surface area contributed by atoms with Crippen molar-refractivity contribution >= 4 is 28.2 Å². The highest BCUT2D eigenvalue weighted by Gasteiger charge is 2.16. The molecular formula is C20H17N5. The largest absolute Gasteiger partial charge is 0.341 e. The second-order valence-electron chi connectivity index (χ2n) is 5.91. The molecule has 1 aromatic carbocycles. The molecule has 0 unspecified atom stereocenters. The van der Waals surface area contributed by atoms with Crippen LogP contribution in [0, 0.1) is 11.3 Å². The first-order valence-electron chi connectivity index (χ1n) is 8.32. The van der Waals surface area contributed by atoms with Crippen LogP contribution in [0.15, 0.2) is 54.9 Å². The average Bonchev–Trinajstić information content (AvgIpc) is 3.02. The lowest BCUT2D eigenvalue weighted by atomic mass is 10.1. The number of nitriles is 1. The summed E-state index contributed by atoms with van der Waals surface area (Å²) in [5.41, 5.74) is 5.18. The molecule has 0 aliphatic carbocycles. The number of aryl methyl sites for hydroxylation is 1. The van der Waals surface area contributed by atoms with Gasteiger partial charge in [-0.2, -0.15) is 5.26 Å². The van der Waals surface area contributed by atoms with E-state index < -0.39 is 0 Å². The molecule has 0 radical (unpaired) electrons. The van der Waals surface area contributed by atoms with Gasteiger partial charge in [-0.05, 0) is 42.3 Å². The number of pyridine rings is 2. The molecule has 122 valence electrons. The number of anilines is 2. The zero-order valence-corrected chi connectivity index (χ0v) is 13.9. The monoisotopic (exact) mass is 327 g/mol. The Balaban J connectivity index is 2.04. The number of hydrogen-bond donors (Lipinski definition) is 1. The molecule has 0 spiro atoms. The van der Waals surface area contributed by atoms with E-state index in [1.807, 2.05) is 40.8 Å². The van der Waals surface area contributed by atoms with Gasteiger partial charge in [0.1, 0.15) is 11.9 Å². The van der Waals surface area contributed by atoms with E-state index in [0.717, 1.165) is 40.9 Å². The summed E-state index contributed by atoms with van der Waals surface area (Å²) in [6.07, 6.45) is 5.32. The summed E-state index contributed by atoms with van der Waals surface area (Å²) in [5.74, 6) is 0.900. The summed E-state index contributed by atoms with van der Waals surface area (Å²) in [7, 11) is 0. The standard InChI is InChI=1S/C20H17N5/c1-2-5-14-12-19(23-15-8-10-22-11-9-15)25-18-7-4-3-6-17(18)24-20(25)16(14)13-21/h3-4,6-12H,2,5H2,1H3,(H,22,23). The quantitative estimate of drug-likeness (QED) is 0.601. The number of aromatic nitrogens is 3. The second kappa shape index (κ2) is 6.25. The van der Waals surface area contributed by atoms with Crippen molar-refractivity contribution in [3.63, 3.8) is 0 Å². The second-order valence-corrected chi connectivity index (χ2v) is 5.91. The maximum atomic E-state index is 9.72. The molecule has 5 nitrogen and oxygen atoms in total. The molecule has 0 bridgehead atoms. The number of hydrogen-bond acceptors (Lipinski definition) is 4. The Bertz CT molecular complexity index is 1090. The van der Waals surface area contributed by atoms with Gasteiger partial charge in [-0.3, -0.25) is 9.38 Å². The normalized spacial score (nSPS) is 10.9.